The van der Waals surface area contributed by atoms with Gasteiger partial charge in [0.25, 0.3) is 5.91 Å². The molecule has 1 unspecified atom stereocenters. The number of amides is 2. The summed E-state index contributed by atoms with van der Waals surface area (Å²) >= 11 is 0. The van der Waals surface area contributed by atoms with E-state index < -0.39 is 5.82 Å². The van der Waals surface area contributed by atoms with E-state index in [1.165, 1.54) is 12.1 Å². The Kier molecular flexibility index (Phi) is 5.66. The van der Waals surface area contributed by atoms with Crippen molar-refractivity contribution >= 4 is 11.8 Å². The molecule has 2 amide bonds. The van der Waals surface area contributed by atoms with E-state index in [1.54, 1.807) is 17.0 Å². The maximum atomic E-state index is 14.0. The molecule has 0 aliphatic carbocycles. The highest BCUT2D eigenvalue weighted by atomic mass is 19.1. The monoisotopic (exact) mass is 354 g/mol. The van der Waals surface area contributed by atoms with Crippen LogP contribution in [0.4, 0.5) is 4.39 Å². The Balaban J connectivity index is 1.80. The predicted molar refractivity (Wildman–Crippen MR) is 98.0 cm³/mol. The van der Waals surface area contributed by atoms with Gasteiger partial charge in [-0.2, -0.15) is 0 Å². The SMILES string of the molecule is CCC1CN(C(=O)c2ccccc2F)CCC(=O)N1Cc1ccccc1. The van der Waals surface area contributed by atoms with Crippen LogP contribution >= 0.6 is 0 Å². The van der Waals surface area contributed by atoms with E-state index in [1.807, 2.05) is 42.2 Å². The lowest BCUT2D eigenvalue weighted by Crippen LogP contribution is -2.43. The van der Waals surface area contributed by atoms with E-state index in [9.17, 15) is 14.0 Å². The molecule has 0 saturated carbocycles. The van der Waals surface area contributed by atoms with Crippen molar-refractivity contribution in [1.82, 2.24) is 9.80 Å². The van der Waals surface area contributed by atoms with Gasteiger partial charge in [0.2, 0.25) is 5.91 Å². The number of nitrogens with zero attached hydrogens (tertiary/aromatic N) is 2. The fraction of sp³-hybridized carbons (Fsp3) is 0.333. The summed E-state index contributed by atoms with van der Waals surface area (Å²) in [5, 5.41) is 0. The first-order valence-corrected chi connectivity index (χ1v) is 8.97. The summed E-state index contributed by atoms with van der Waals surface area (Å²) in [5.74, 6) is -0.845. The maximum absolute atomic E-state index is 14.0. The molecule has 5 heteroatoms. The van der Waals surface area contributed by atoms with Crippen LogP contribution in [0.15, 0.2) is 54.6 Å². The average molecular weight is 354 g/mol. The van der Waals surface area contributed by atoms with E-state index in [4.69, 9.17) is 0 Å². The van der Waals surface area contributed by atoms with Crippen LogP contribution < -0.4 is 0 Å². The van der Waals surface area contributed by atoms with Gasteiger partial charge in [0, 0.05) is 32.1 Å². The average Bonchev–Trinajstić information content (AvgIpc) is 2.82. The molecule has 2 aromatic carbocycles. The van der Waals surface area contributed by atoms with Crippen molar-refractivity contribution in [3.63, 3.8) is 0 Å². The van der Waals surface area contributed by atoms with Crippen LogP contribution in [0.25, 0.3) is 0 Å². The molecule has 1 aliphatic rings. The fourth-order valence-electron chi connectivity index (χ4n) is 3.36. The van der Waals surface area contributed by atoms with Crippen molar-refractivity contribution in [3.8, 4) is 0 Å². The molecule has 0 radical (unpaired) electrons. The zero-order valence-corrected chi connectivity index (χ0v) is 14.9. The molecule has 0 spiro atoms. The van der Waals surface area contributed by atoms with Gasteiger partial charge in [-0.1, -0.05) is 49.4 Å². The molecule has 4 nitrogen and oxygen atoms in total. The third-order valence-corrected chi connectivity index (χ3v) is 4.85. The second kappa shape index (κ2) is 8.13. The van der Waals surface area contributed by atoms with Gasteiger partial charge in [-0.25, -0.2) is 4.39 Å². The minimum absolute atomic E-state index is 0.0320. The normalized spacial score (nSPS) is 17.9. The number of carbonyl (C=O) groups excluding carboxylic acids is 2. The molecule has 1 aliphatic heterocycles. The highest BCUT2D eigenvalue weighted by molar-refractivity contribution is 5.95. The van der Waals surface area contributed by atoms with Crippen molar-refractivity contribution in [2.24, 2.45) is 0 Å². The second-order valence-electron chi connectivity index (χ2n) is 6.55. The summed E-state index contributed by atoms with van der Waals surface area (Å²) < 4.78 is 14.0. The lowest BCUT2D eigenvalue weighted by molar-refractivity contribution is -0.133. The second-order valence-corrected chi connectivity index (χ2v) is 6.55. The van der Waals surface area contributed by atoms with Crippen molar-refractivity contribution < 1.29 is 14.0 Å². The molecule has 136 valence electrons. The van der Waals surface area contributed by atoms with E-state index in [0.29, 0.717) is 19.6 Å². The Labute approximate surface area is 153 Å². The summed E-state index contributed by atoms with van der Waals surface area (Å²) in [6.07, 6.45) is 0.989. The number of halogens is 1. The number of hydrogen-bond acceptors (Lipinski definition) is 2. The lowest BCUT2D eigenvalue weighted by Gasteiger charge is -2.31. The minimum atomic E-state index is -0.526. The zero-order chi connectivity index (χ0) is 18.5. The van der Waals surface area contributed by atoms with E-state index in [-0.39, 0.29) is 29.8 Å². The molecule has 1 fully saturated rings. The summed E-state index contributed by atoms with van der Waals surface area (Å²) in [6, 6.07) is 15.7. The van der Waals surface area contributed by atoms with Crippen molar-refractivity contribution in [3.05, 3.63) is 71.5 Å². The van der Waals surface area contributed by atoms with Gasteiger partial charge in [-0.3, -0.25) is 9.59 Å². The fourth-order valence-corrected chi connectivity index (χ4v) is 3.36. The van der Waals surface area contributed by atoms with Gasteiger partial charge in [0.1, 0.15) is 5.82 Å². The molecule has 3 rings (SSSR count). The summed E-state index contributed by atoms with van der Waals surface area (Å²) in [5.41, 5.74) is 1.12. The van der Waals surface area contributed by atoms with Crippen LogP contribution in [-0.2, 0) is 11.3 Å². The molecule has 1 saturated heterocycles. The highest BCUT2D eigenvalue weighted by Crippen LogP contribution is 2.20. The van der Waals surface area contributed by atoms with Crippen LogP contribution in [0.5, 0.6) is 0 Å². The number of rotatable bonds is 4. The maximum Gasteiger partial charge on any atom is 0.256 e. The topological polar surface area (TPSA) is 40.6 Å². The Hall–Kier alpha value is -2.69. The molecule has 2 aromatic rings. The number of hydrogen-bond donors (Lipinski definition) is 0. The minimum Gasteiger partial charge on any atom is -0.336 e. The molecule has 0 N–H and O–H groups in total. The molecule has 1 heterocycles. The molecule has 0 bridgehead atoms. The van der Waals surface area contributed by atoms with Gasteiger partial charge in [0.05, 0.1) is 5.56 Å². The smallest absolute Gasteiger partial charge is 0.256 e. The third kappa shape index (κ3) is 3.93. The molecule has 0 aromatic heterocycles. The highest BCUT2D eigenvalue weighted by Gasteiger charge is 2.31. The predicted octanol–water partition coefficient (Wildman–Crippen LogP) is 3.48. The Morgan fingerprint density at radius 1 is 1.12 bits per heavy atom. The quantitative estimate of drug-likeness (QED) is 0.843. The van der Waals surface area contributed by atoms with Crippen molar-refractivity contribution in [2.45, 2.75) is 32.4 Å². The number of carbonyl (C=O) groups is 2. The van der Waals surface area contributed by atoms with Crippen molar-refractivity contribution in [1.29, 1.82) is 0 Å². The summed E-state index contributed by atoms with van der Waals surface area (Å²) in [6.45, 7) is 3.27. The molecular weight excluding hydrogens is 331 g/mol. The Morgan fingerprint density at radius 3 is 2.50 bits per heavy atom. The van der Waals surface area contributed by atoms with Crippen LogP contribution in [0.1, 0.15) is 35.7 Å². The van der Waals surface area contributed by atoms with Gasteiger partial charge in [0.15, 0.2) is 0 Å². The van der Waals surface area contributed by atoms with E-state index in [2.05, 4.69) is 0 Å². The van der Waals surface area contributed by atoms with Gasteiger partial charge < -0.3 is 9.80 Å². The zero-order valence-electron chi connectivity index (χ0n) is 14.9. The summed E-state index contributed by atoms with van der Waals surface area (Å²) in [7, 11) is 0. The molecule has 26 heavy (non-hydrogen) atoms. The summed E-state index contributed by atoms with van der Waals surface area (Å²) in [4.78, 5) is 28.9. The largest absolute Gasteiger partial charge is 0.336 e. The van der Waals surface area contributed by atoms with Crippen molar-refractivity contribution in [2.75, 3.05) is 13.1 Å². The third-order valence-electron chi connectivity index (χ3n) is 4.85. The van der Waals surface area contributed by atoms with E-state index >= 15 is 0 Å². The van der Waals surface area contributed by atoms with Crippen LogP contribution in [0.3, 0.4) is 0 Å². The van der Waals surface area contributed by atoms with E-state index in [0.717, 1.165) is 12.0 Å². The number of benzene rings is 2. The van der Waals surface area contributed by atoms with Gasteiger partial charge in [-0.15, -0.1) is 0 Å². The molecular formula is C21H23FN2O2. The van der Waals surface area contributed by atoms with Gasteiger partial charge >= 0.3 is 0 Å². The Bertz CT molecular complexity index is 779. The standard InChI is InChI=1S/C21H23FN2O2/c1-2-17-15-23(21(26)18-10-6-7-11-19(18)22)13-12-20(25)24(17)14-16-8-4-3-5-9-16/h3-11,17H,2,12-15H2,1H3. The van der Waals surface area contributed by atoms with Crippen LogP contribution in [0.2, 0.25) is 0 Å². The molecule has 1 atom stereocenters. The first-order chi connectivity index (χ1) is 12.6. The van der Waals surface area contributed by atoms with Crippen LogP contribution in [0, 0.1) is 5.82 Å². The van der Waals surface area contributed by atoms with Crippen LogP contribution in [-0.4, -0.2) is 40.7 Å². The lowest BCUT2D eigenvalue weighted by atomic mass is 10.1. The van der Waals surface area contributed by atoms with Gasteiger partial charge in [-0.05, 0) is 24.1 Å². The first kappa shape index (κ1) is 18.1. The first-order valence-electron chi connectivity index (χ1n) is 8.97. The Morgan fingerprint density at radius 2 is 1.81 bits per heavy atom.